The molecule has 1 aliphatic heterocycles. The van der Waals surface area contributed by atoms with Gasteiger partial charge < -0.3 is 5.32 Å². The Morgan fingerprint density at radius 3 is 2.75 bits per heavy atom. The molecule has 3 nitrogen and oxygen atoms in total. The van der Waals surface area contributed by atoms with Crippen LogP contribution >= 0.6 is 27.5 Å². The van der Waals surface area contributed by atoms with Gasteiger partial charge in [0.2, 0.25) is 0 Å². The molecule has 0 unspecified atom stereocenters. The van der Waals surface area contributed by atoms with Crippen molar-refractivity contribution in [2.45, 2.75) is 6.92 Å². The lowest BCUT2D eigenvalue weighted by molar-refractivity contribution is -0.110. The van der Waals surface area contributed by atoms with Crippen molar-refractivity contribution in [2.75, 3.05) is 5.32 Å². The molecule has 100 valence electrons. The van der Waals surface area contributed by atoms with Gasteiger partial charge in [0, 0.05) is 10.0 Å². The van der Waals surface area contributed by atoms with Crippen LogP contribution < -0.4 is 5.32 Å². The molecule has 2 aromatic rings. The average Bonchev–Trinajstić information content (AvgIpc) is 2.70. The molecule has 5 heteroatoms. The molecule has 1 aliphatic rings. The highest BCUT2D eigenvalue weighted by Gasteiger charge is 2.25. The van der Waals surface area contributed by atoms with E-state index in [2.05, 4.69) is 26.2 Å². The smallest absolute Gasteiger partial charge is 0.275 e. The first-order chi connectivity index (χ1) is 9.54. The van der Waals surface area contributed by atoms with E-state index >= 15 is 0 Å². The summed E-state index contributed by atoms with van der Waals surface area (Å²) in [5.41, 5.74) is 3.78. The van der Waals surface area contributed by atoms with Crippen LogP contribution in [0.2, 0.25) is 5.02 Å². The van der Waals surface area contributed by atoms with Gasteiger partial charge in [0.05, 0.1) is 16.4 Å². The minimum atomic E-state index is -0.190. The van der Waals surface area contributed by atoms with Crippen LogP contribution in [0.4, 0.5) is 11.4 Å². The first-order valence-electron chi connectivity index (χ1n) is 6.01. The molecule has 3 rings (SSSR count). The van der Waals surface area contributed by atoms with Crippen molar-refractivity contribution < 1.29 is 4.79 Å². The SMILES string of the molecule is Cc1ccc2c(c1)C(=Nc1ccc(Br)c(Cl)c1)C(=O)N2. The van der Waals surface area contributed by atoms with E-state index in [0.29, 0.717) is 16.4 Å². The third-order valence-electron chi connectivity index (χ3n) is 3.04. The number of halogens is 2. The predicted molar refractivity (Wildman–Crippen MR) is 85.2 cm³/mol. The molecular weight excluding hydrogens is 340 g/mol. The second kappa shape index (κ2) is 5.04. The fourth-order valence-corrected chi connectivity index (χ4v) is 2.48. The van der Waals surface area contributed by atoms with Crippen LogP contribution in [0.5, 0.6) is 0 Å². The number of carbonyl (C=O) groups excluding carboxylic acids is 1. The van der Waals surface area contributed by atoms with E-state index in [0.717, 1.165) is 21.3 Å². The lowest BCUT2D eigenvalue weighted by atomic mass is 10.1. The summed E-state index contributed by atoms with van der Waals surface area (Å²) in [5, 5.41) is 3.37. The van der Waals surface area contributed by atoms with Gasteiger partial charge in [0.25, 0.3) is 5.91 Å². The molecule has 0 radical (unpaired) electrons. The first-order valence-corrected chi connectivity index (χ1v) is 7.18. The Bertz CT molecular complexity index is 756. The monoisotopic (exact) mass is 348 g/mol. The minimum absolute atomic E-state index is 0.190. The number of amides is 1. The Hall–Kier alpha value is -1.65. The summed E-state index contributed by atoms with van der Waals surface area (Å²) in [4.78, 5) is 16.4. The summed E-state index contributed by atoms with van der Waals surface area (Å²) in [6, 6.07) is 11.1. The molecule has 0 aromatic heterocycles. The van der Waals surface area contributed by atoms with Crippen LogP contribution in [0.25, 0.3) is 0 Å². The van der Waals surface area contributed by atoms with E-state index in [1.807, 2.05) is 37.3 Å². The highest BCUT2D eigenvalue weighted by atomic mass is 79.9. The molecule has 0 bridgehead atoms. The predicted octanol–water partition coefficient (Wildman–Crippen LogP) is 4.48. The molecule has 1 N–H and O–H groups in total. The van der Waals surface area contributed by atoms with Crippen LogP contribution in [-0.4, -0.2) is 11.6 Å². The molecule has 0 atom stereocenters. The van der Waals surface area contributed by atoms with E-state index in [9.17, 15) is 4.79 Å². The Kier molecular flexibility index (Phi) is 3.36. The zero-order chi connectivity index (χ0) is 14.3. The first kappa shape index (κ1) is 13.3. The number of nitrogens with zero attached hydrogens (tertiary/aromatic N) is 1. The Balaban J connectivity index is 2.10. The normalized spacial score (nSPS) is 15.3. The van der Waals surface area contributed by atoms with Gasteiger partial charge in [0.15, 0.2) is 0 Å². The van der Waals surface area contributed by atoms with Crippen molar-refractivity contribution in [3.63, 3.8) is 0 Å². The Morgan fingerprint density at radius 1 is 1.20 bits per heavy atom. The molecule has 2 aromatic carbocycles. The molecule has 0 fully saturated rings. The number of aliphatic imine (C=N–C) groups is 1. The van der Waals surface area contributed by atoms with Crippen LogP contribution in [0, 0.1) is 6.92 Å². The number of rotatable bonds is 1. The van der Waals surface area contributed by atoms with Gasteiger partial charge in [0.1, 0.15) is 5.71 Å². The Morgan fingerprint density at radius 2 is 2.00 bits per heavy atom. The zero-order valence-corrected chi connectivity index (χ0v) is 12.9. The standard InChI is InChI=1S/C15H10BrClN2O/c1-8-2-5-13-10(6-8)14(15(20)19-13)18-9-3-4-11(16)12(17)7-9/h2-7H,1H3,(H,18,19,20). The van der Waals surface area contributed by atoms with E-state index in [-0.39, 0.29) is 5.91 Å². The van der Waals surface area contributed by atoms with Crippen molar-refractivity contribution >= 4 is 50.5 Å². The summed E-state index contributed by atoms with van der Waals surface area (Å²) in [5.74, 6) is -0.190. The second-order valence-electron chi connectivity index (χ2n) is 4.56. The molecule has 1 heterocycles. The lowest BCUT2D eigenvalue weighted by Crippen LogP contribution is -2.13. The summed E-state index contributed by atoms with van der Waals surface area (Å²) in [6.07, 6.45) is 0. The summed E-state index contributed by atoms with van der Waals surface area (Å²) in [7, 11) is 0. The molecule has 0 saturated heterocycles. The summed E-state index contributed by atoms with van der Waals surface area (Å²) >= 11 is 9.37. The van der Waals surface area contributed by atoms with Crippen LogP contribution in [0.15, 0.2) is 45.9 Å². The zero-order valence-electron chi connectivity index (χ0n) is 10.6. The third kappa shape index (κ3) is 2.37. The van der Waals surface area contributed by atoms with Crippen molar-refractivity contribution in [1.82, 2.24) is 0 Å². The number of nitrogens with one attached hydrogen (secondary N) is 1. The van der Waals surface area contributed by atoms with Crippen LogP contribution in [-0.2, 0) is 4.79 Å². The maximum absolute atomic E-state index is 12.0. The highest BCUT2D eigenvalue weighted by Crippen LogP contribution is 2.30. The summed E-state index contributed by atoms with van der Waals surface area (Å²) < 4.78 is 0.801. The number of anilines is 1. The highest BCUT2D eigenvalue weighted by molar-refractivity contribution is 9.10. The minimum Gasteiger partial charge on any atom is -0.320 e. The number of carbonyl (C=O) groups is 1. The van der Waals surface area contributed by atoms with Crippen LogP contribution in [0.3, 0.4) is 0 Å². The van der Waals surface area contributed by atoms with Gasteiger partial charge in [-0.1, -0.05) is 23.2 Å². The maximum Gasteiger partial charge on any atom is 0.275 e. The molecule has 1 amide bonds. The summed E-state index contributed by atoms with van der Waals surface area (Å²) in [6.45, 7) is 1.98. The van der Waals surface area contributed by atoms with Gasteiger partial charge in [-0.3, -0.25) is 4.79 Å². The van der Waals surface area contributed by atoms with Crippen molar-refractivity contribution in [3.05, 3.63) is 57.0 Å². The van der Waals surface area contributed by atoms with E-state index < -0.39 is 0 Å². The topological polar surface area (TPSA) is 41.5 Å². The van der Waals surface area contributed by atoms with E-state index in [4.69, 9.17) is 11.6 Å². The van der Waals surface area contributed by atoms with Crippen molar-refractivity contribution in [2.24, 2.45) is 4.99 Å². The Labute approximate surface area is 129 Å². The van der Waals surface area contributed by atoms with Gasteiger partial charge in [-0.05, 0) is 53.2 Å². The second-order valence-corrected chi connectivity index (χ2v) is 5.82. The van der Waals surface area contributed by atoms with Crippen molar-refractivity contribution in [1.29, 1.82) is 0 Å². The van der Waals surface area contributed by atoms with E-state index in [1.54, 1.807) is 6.07 Å². The quantitative estimate of drug-likeness (QED) is 0.810. The molecular formula is C15H10BrClN2O. The largest absolute Gasteiger partial charge is 0.320 e. The molecule has 0 saturated carbocycles. The number of benzene rings is 2. The third-order valence-corrected chi connectivity index (χ3v) is 4.27. The van der Waals surface area contributed by atoms with Gasteiger partial charge in [-0.15, -0.1) is 0 Å². The molecule has 0 spiro atoms. The number of fused-ring (bicyclic) bond motifs is 1. The number of hydrogen-bond acceptors (Lipinski definition) is 2. The molecule has 0 aliphatic carbocycles. The van der Waals surface area contributed by atoms with Gasteiger partial charge in [-0.2, -0.15) is 0 Å². The number of aryl methyl sites for hydroxylation is 1. The number of hydrogen-bond donors (Lipinski definition) is 1. The van der Waals surface area contributed by atoms with Gasteiger partial charge in [-0.25, -0.2) is 4.99 Å². The fourth-order valence-electron chi connectivity index (χ4n) is 2.06. The maximum atomic E-state index is 12.0. The fraction of sp³-hybridized carbons (Fsp3) is 0.0667. The average molecular weight is 350 g/mol. The molecule has 20 heavy (non-hydrogen) atoms. The van der Waals surface area contributed by atoms with E-state index in [1.165, 1.54) is 0 Å². The van der Waals surface area contributed by atoms with Gasteiger partial charge >= 0.3 is 0 Å². The van der Waals surface area contributed by atoms with Crippen molar-refractivity contribution in [3.8, 4) is 0 Å². The van der Waals surface area contributed by atoms with Crippen LogP contribution in [0.1, 0.15) is 11.1 Å². The lowest BCUT2D eigenvalue weighted by Gasteiger charge is -2.01.